The average molecular weight is 488 g/mol. The lowest BCUT2D eigenvalue weighted by Gasteiger charge is -2.06. The molecule has 2 aliphatic rings. The molecule has 10 nitrogen and oxygen atoms in total. The maximum absolute atomic E-state index is 12.1. The summed E-state index contributed by atoms with van der Waals surface area (Å²) in [6, 6.07) is 0. The van der Waals surface area contributed by atoms with Crippen LogP contribution in [0.1, 0.15) is 58.8 Å². The lowest BCUT2D eigenvalue weighted by atomic mass is 10.1. The summed E-state index contributed by atoms with van der Waals surface area (Å²) in [6.45, 7) is 3.71. The number of hydrogen-bond acceptors (Lipinski definition) is 10. The van der Waals surface area contributed by atoms with Gasteiger partial charge in [-0.3, -0.25) is 9.59 Å². The van der Waals surface area contributed by atoms with Crippen LogP contribution in [0.4, 0.5) is 0 Å². The number of unbranched alkanes of at least 4 members (excludes halogenated alkanes) is 2. The molecule has 0 aromatic heterocycles. The zero-order chi connectivity index (χ0) is 25.8. The van der Waals surface area contributed by atoms with Crippen LogP contribution in [0.3, 0.4) is 0 Å². The highest BCUT2D eigenvalue weighted by Crippen LogP contribution is 2.23. The van der Waals surface area contributed by atoms with Crippen LogP contribution in [-0.2, 0) is 47.7 Å². The Kier molecular flexibility index (Phi) is 10.8. The van der Waals surface area contributed by atoms with Gasteiger partial charge in [0, 0.05) is 6.42 Å². The second-order valence-electron chi connectivity index (χ2n) is 7.67. The highest BCUT2D eigenvalue weighted by Gasteiger charge is 2.34. The molecule has 0 saturated heterocycles. The minimum Gasteiger partial charge on any atom is -0.465 e. The maximum atomic E-state index is 12.1. The first-order valence-corrected chi connectivity index (χ1v) is 11.4. The summed E-state index contributed by atoms with van der Waals surface area (Å²) < 4.78 is 19.2. The van der Waals surface area contributed by atoms with Gasteiger partial charge in [0.1, 0.15) is 0 Å². The molecule has 0 aromatic carbocycles. The van der Waals surface area contributed by atoms with E-state index in [2.05, 4.69) is 9.47 Å². The molecule has 0 bridgehead atoms. The SMILES string of the molecule is CCC/C=C/C1=C(CC(=O)OCCCOC(=O)CC2=C(/C=C/CCC)C(=O)OC2=O)C(=O)OC1=O. The zero-order valence-electron chi connectivity index (χ0n) is 19.8. The third-order valence-electron chi connectivity index (χ3n) is 4.89. The van der Waals surface area contributed by atoms with E-state index >= 15 is 0 Å². The summed E-state index contributed by atoms with van der Waals surface area (Å²) in [5.74, 6) is -4.83. The number of allylic oxidation sites excluding steroid dienone is 2. The Morgan fingerprint density at radius 1 is 0.686 bits per heavy atom. The molecule has 0 radical (unpaired) electrons. The van der Waals surface area contributed by atoms with Crippen molar-refractivity contribution in [1.82, 2.24) is 0 Å². The Hall–Kier alpha value is -3.82. The van der Waals surface area contributed by atoms with Crippen molar-refractivity contribution in [1.29, 1.82) is 0 Å². The van der Waals surface area contributed by atoms with Crippen molar-refractivity contribution < 1.29 is 47.7 Å². The summed E-state index contributed by atoms with van der Waals surface area (Å²) in [5.41, 5.74) is -0.0457. The lowest BCUT2D eigenvalue weighted by molar-refractivity contribution is -0.153. The molecule has 0 N–H and O–H groups in total. The van der Waals surface area contributed by atoms with E-state index in [0.29, 0.717) is 12.8 Å². The molecule has 0 aromatic rings. The van der Waals surface area contributed by atoms with Gasteiger partial charge in [-0.15, -0.1) is 0 Å². The van der Waals surface area contributed by atoms with Crippen LogP contribution in [0.5, 0.6) is 0 Å². The summed E-state index contributed by atoms with van der Waals surface area (Å²) in [5, 5.41) is 0. The van der Waals surface area contributed by atoms with Crippen LogP contribution in [0.25, 0.3) is 0 Å². The number of esters is 6. The first-order valence-electron chi connectivity index (χ1n) is 11.4. The molecule has 10 heteroatoms. The second-order valence-corrected chi connectivity index (χ2v) is 7.67. The molecule has 0 spiro atoms. The van der Waals surface area contributed by atoms with Crippen LogP contribution in [0.15, 0.2) is 46.6 Å². The van der Waals surface area contributed by atoms with Gasteiger partial charge in [0.05, 0.1) is 48.3 Å². The largest absolute Gasteiger partial charge is 0.465 e. The number of carbonyl (C=O) groups excluding carboxylic acids is 6. The smallest absolute Gasteiger partial charge is 0.346 e. The summed E-state index contributed by atoms with van der Waals surface area (Å²) in [4.78, 5) is 71.3. The molecular formula is C25H28O10. The molecule has 0 aliphatic carbocycles. The molecule has 0 saturated carbocycles. The van der Waals surface area contributed by atoms with Crippen molar-refractivity contribution >= 4 is 35.8 Å². The van der Waals surface area contributed by atoms with E-state index in [0.717, 1.165) is 12.8 Å². The molecule has 35 heavy (non-hydrogen) atoms. The van der Waals surface area contributed by atoms with E-state index < -0.39 is 48.7 Å². The lowest BCUT2D eigenvalue weighted by Crippen LogP contribution is -2.14. The van der Waals surface area contributed by atoms with Crippen molar-refractivity contribution in [2.24, 2.45) is 0 Å². The van der Waals surface area contributed by atoms with Gasteiger partial charge in [0.25, 0.3) is 0 Å². The Bertz CT molecular complexity index is 929. The third kappa shape index (κ3) is 8.16. The van der Waals surface area contributed by atoms with Crippen LogP contribution in [-0.4, -0.2) is 49.0 Å². The van der Waals surface area contributed by atoms with E-state index in [1.54, 1.807) is 12.2 Å². The van der Waals surface area contributed by atoms with Gasteiger partial charge < -0.3 is 18.9 Å². The van der Waals surface area contributed by atoms with Crippen molar-refractivity contribution in [3.05, 3.63) is 46.6 Å². The summed E-state index contributed by atoms with van der Waals surface area (Å²) in [7, 11) is 0. The number of carbonyl (C=O) groups is 6. The van der Waals surface area contributed by atoms with Crippen molar-refractivity contribution in [2.45, 2.75) is 58.8 Å². The molecule has 2 aliphatic heterocycles. The van der Waals surface area contributed by atoms with Gasteiger partial charge >= 0.3 is 35.8 Å². The fourth-order valence-corrected chi connectivity index (χ4v) is 3.10. The van der Waals surface area contributed by atoms with Crippen molar-refractivity contribution in [2.75, 3.05) is 13.2 Å². The second kappa shape index (κ2) is 13.8. The van der Waals surface area contributed by atoms with E-state index in [9.17, 15) is 28.8 Å². The topological polar surface area (TPSA) is 139 Å². The quantitative estimate of drug-likeness (QED) is 0.155. The van der Waals surface area contributed by atoms with E-state index in [1.165, 1.54) is 12.2 Å². The molecule has 0 amide bonds. The molecule has 2 rings (SSSR count). The average Bonchev–Trinajstić information content (AvgIpc) is 3.22. The fourth-order valence-electron chi connectivity index (χ4n) is 3.10. The van der Waals surface area contributed by atoms with E-state index in [-0.39, 0.29) is 41.9 Å². The van der Waals surface area contributed by atoms with E-state index in [4.69, 9.17) is 9.47 Å². The predicted molar refractivity (Wildman–Crippen MR) is 120 cm³/mol. The minimum atomic E-state index is -0.876. The Balaban J connectivity index is 1.78. The van der Waals surface area contributed by atoms with Crippen molar-refractivity contribution in [3.8, 4) is 0 Å². The molecule has 0 fully saturated rings. The predicted octanol–water partition coefficient (Wildman–Crippen LogP) is 2.72. The number of cyclic esters (lactones) is 4. The standard InChI is InChI=1S/C25H28O10/c1-3-5-7-10-16-18(24(30)34-22(16)28)14-20(26)32-12-9-13-33-21(27)15-19-17(11-8-6-4-2)23(29)35-25(19)31/h7-8,10-11H,3-6,9,12-15H2,1-2H3/b10-7+,11-8+. The van der Waals surface area contributed by atoms with Gasteiger partial charge in [0.2, 0.25) is 0 Å². The summed E-state index contributed by atoms with van der Waals surface area (Å²) in [6.07, 6.45) is 8.79. The molecule has 2 heterocycles. The molecule has 0 unspecified atom stereocenters. The number of hydrogen-bond donors (Lipinski definition) is 0. The van der Waals surface area contributed by atoms with Gasteiger partial charge in [-0.25, -0.2) is 19.2 Å². The van der Waals surface area contributed by atoms with Crippen molar-refractivity contribution in [3.63, 3.8) is 0 Å². The number of rotatable bonds is 14. The van der Waals surface area contributed by atoms with Gasteiger partial charge in [-0.05, 0) is 12.8 Å². The first-order chi connectivity index (χ1) is 16.8. The van der Waals surface area contributed by atoms with E-state index in [1.807, 2.05) is 13.8 Å². The number of ether oxygens (including phenoxy) is 4. The van der Waals surface area contributed by atoms with Crippen LogP contribution >= 0.6 is 0 Å². The van der Waals surface area contributed by atoms with Gasteiger partial charge in [-0.1, -0.05) is 51.0 Å². The van der Waals surface area contributed by atoms with Crippen LogP contribution in [0.2, 0.25) is 0 Å². The van der Waals surface area contributed by atoms with Crippen LogP contribution < -0.4 is 0 Å². The van der Waals surface area contributed by atoms with Gasteiger partial charge in [0.15, 0.2) is 0 Å². The molecule has 188 valence electrons. The monoisotopic (exact) mass is 488 g/mol. The normalized spacial score (nSPS) is 16.1. The summed E-state index contributed by atoms with van der Waals surface area (Å²) >= 11 is 0. The molecule has 0 atom stereocenters. The Morgan fingerprint density at radius 2 is 1.09 bits per heavy atom. The van der Waals surface area contributed by atoms with Crippen LogP contribution in [0, 0.1) is 0 Å². The highest BCUT2D eigenvalue weighted by molar-refractivity contribution is 6.16. The first kappa shape index (κ1) is 27.4. The maximum Gasteiger partial charge on any atom is 0.346 e. The zero-order valence-corrected chi connectivity index (χ0v) is 19.8. The fraction of sp³-hybridized carbons (Fsp3) is 0.440. The minimum absolute atomic E-state index is 0.0384. The highest BCUT2D eigenvalue weighted by atomic mass is 16.6. The Labute approximate surface area is 202 Å². The molecular weight excluding hydrogens is 460 g/mol. The third-order valence-corrected chi connectivity index (χ3v) is 4.89. The van der Waals surface area contributed by atoms with Gasteiger partial charge in [-0.2, -0.15) is 0 Å². The Morgan fingerprint density at radius 3 is 1.46 bits per heavy atom.